The van der Waals surface area contributed by atoms with Crippen molar-refractivity contribution in [2.45, 2.75) is 18.5 Å². The Morgan fingerprint density at radius 1 is 0.971 bits per heavy atom. The van der Waals surface area contributed by atoms with Crippen molar-refractivity contribution in [3.63, 3.8) is 0 Å². The fraction of sp³-hybridized carbons (Fsp3) is 0.179. The summed E-state index contributed by atoms with van der Waals surface area (Å²) < 4.78 is 7.65. The van der Waals surface area contributed by atoms with Crippen LogP contribution in [0, 0.1) is 0 Å². The van der Waals surface area contributed by atoms with E-state index in [1.807, 2.05) is 89.6 Å². The first-order valence-corrected chi connectivity index (χ1v) is 12.3. The van der Waals surface area contributed by atoms with Crippen molar-refractivity contribution < 1.29 is 14.3 Å². The Hall–Kier alpha value is -3.84. The van der Waals surface area contributed by atoms with Gasteiger partial charge in [-0.2, -0.15) is 0 Å². The van der Waals surface area contributed by atoms with Gasteiger partial charge in [0.05, 0.1) is 30.4 Å². The zero-order chi connectivity index (χ0) is 24.6. The maximum absolute atomic E-state index is 12.9. The lowest BCUT2D eigenvalue weighted by molar-refractivity contribution is -0.118. The number of rotatable bonds is 10. The Kier molecular flexibility index (Phi) is 8.00. The molecule has 1 heterocycles. The first-order chi connectivity index (χ1) is 17.1. The molecule has 1 amide bonds. The van der Waals surface area contributed by atoms with E-state index in [1.165, 1.54) is 18.7 Å². The molecule has 0 radical (unpaired) electrons. The Morgan fingerprint density at radius 3 is 2.40 bits per heavy atom. The number of carbonyl (C=O) groups excluding carboxylic acids is 2. The molecule has 0 spiro atoms. The van der Waals surface area contributed by atoms with Crippen LogP contribution in [0.1, 0.15) is 22.8 Å². The van der Waals surface area contributed by atoms with Gasteiger partial charge in [0, 0.05) is 24.6 Å². The number of ketones is 1. The summed E-state index contributed by atoms with van der Waals surface area (Å²) in [7, 11) is 1.65. The van der Waals surface area contributed by atoms with Gasteiger partial charge < -0.3 is 10.1 Å². The molecule has 7 heteroatoms. The summed E-state index contributed by atoms with van der Waals surface area (Å²) in [5, 5.41) is 3.50. The molecular formula is C28H27N3O3S. The van der Waals surface area contributed by atoms with Crippen LogP contribution in [0.2, 0.25) is 0 Å². The number of para-hydroxylation sites is 2. The van der Waals surface area contributed by atoms with Gasteiger partial charge in [-0.3, -0.25) is 14.2 Å². The van der Waals surface area contributed by atoms with Gasteiger partial charge in [0.15, 0.2) is 10.9 Å². The average Bonchev–Trinajstić information content (AvgIpc) is 3.31. The van der Waals surface area contributed by atoms with E-state index in [2.05, 4.69) is 10.3 Å². The first kappa shape index (κ1) is 24.3. The maximum atomic E-state index is 12.9. The van der Waals surface area contributed by atoms with Gasteiger partial charge in [0.1, 0.15) is 5.75 Å². The van der Waals surface area contributed by atoms with Crippen molar-refractivity contribution in [3.05, 3.63) is 96.2 Å². The maximum Gasteiger partial charge on any atom is 0.216 e. The van der Waals surface area contributed by atoms with Crippen molar-refractivity contribution in [3.8, 4) is 22.7 Å². The van der Waals surface area contributed by atoms with Crippen molar-refractivity contribution in [2.75, 3.05) is 19.4 Å². The Balaban J connectivity index is 1.54. The molecule has 3 aromatic carbocycles. The van der Waals surface area contributed by atoms with E-state index in [0.29, 0.717) is 17.3 Å². The van der Waals surface area contributed by atoms with E-state index >= 15 is 0 Å². The molecule has 1 aromatic heterocycles. The van der Waals surface area contributed by atoms with Gasteiger partial charge in [-0.25, -0.2) is 4.98 Å². The van der Waals surface area contributed by atoms with Crippen LogP contribution in [0.3, 0.4) is 0 Å². The number of hydrogen-bond donors (Lipinski definition) is 1. The Bertz CT molecular complexity index is 1300. The summed E-state index contributed by atoms with van der Waals surface area (Å²) in [5.74, 6) is 0.965. The number of nitrogens with one attached hydrogen (secondary N) is 1. The van der Waals surface area contributed by atoms with E-state index < -0.39 is 0 Å². The molecule has 0 saturated carbocycles. The van der Waals surface area contributed by atoms with Crippen molar-refractivity contribution >= 4 is 23.5 Å². The summed E-state index contributed by atoms with van der Waals surface area (Å²) in [6.07, 6.45) is 2.56. The molecule has 4 aromatic rings. The zero-order valence-electron chi connectivity index (χ0n) is 19.7. The number of amides is 1. The van der Waals surface area contributed by atoms with E-state index in [-0.39, 0.29) is 17.4 Å². The highest BCUT2D eigenvalue weighted by atomic mass is 32.2. The fourth-order valence-corrected chi connectivity index (χ4v) is 4.63. The lowest BCUT2D eigenvalue weighted by Gasteiger charge is -2.15. The second kappa shape index (κ2) is 11.5. The summed E-state index contributed by atoms with van der Waals surface area (Å²) in [4.78, 5) is 28.6. The third-order valence-electron chi connectivity index (χ3n) is 5.52. The number of methoxy groups -OCH3 is 1. The monoisotopic (exact) mass is 485 g/mol. The zero-order valence-corrected chi connectivity index (χ0v) is 20.5. The molecule has 0 aliphatic carbocycles. The highest BCUT2D eigenvalue weighted by Crippen LogP contribution is 2.34. The van der Waals surface area contributed by atoms with Crippen LogP contribution >= 0.6 is 11.8 Å². The highest BCUT2D eigenvalue weighted by Gasteiger charge is 2.18. The van der Waals surface area contributed by atoms with Crippen LogP contribution in [-0.4, -0.2) is 40.6 Å². The van der Waals surface area contributed by atoms with Crippen LogP contribution in [0.4, 0.5) is 0 Å². The topological polar surface area (TPSA) is 73.2 Å². The van der Waals surface area contributed by atoms with Gasteiger partial charge in [0.2, 0.25) is 5.91 Å². The minimum Gasteiger partial charge on any atom is -0.495 e. The second-order valence-corrected chi connectivity index (χ2v) is 8.88. The SMILES string of the molecule is COc1ccccc1-n1c(-c2ccccc2)cnc1SCC(=O)c1ccc(CCNC(C)=O)cc1. The number of aromatic nitrogens is 2. The molecule has 6 nitrogen and oxygen atoms in total. The van der Waals surface area contributed by atoms with Gasteiger partial charge in [-0.05, 0) is 24.1 Å². The molecule has 0 aliphatic heterocycles. The second-order valence-electron chi connectivity index (χ2n) is 7.94. The van der Waals surface area contributed by atoms with Crippen molar-refractivity contribution in [2.24, 2.45) is 0 Å². The quantitative estimate of drug-likeness (QED) is 0.247. The van der Waals surface area contributed by atoms with Crippen LogP contribution in [0.25, 0.3) is 16.9 Å². The molecule has 0 unspecified atom stereocenters. The van der Waals surface area contributed by atoms with E-state index in [0.717, 1.165) is 34.7 Å². The lowest BCUT2D eigenvalue weighted by Crippen LogP contribution is -2.22. The fourth-order valence-electron chi connectivity index (χ4n) is 3.75. The van der Waals surface area contributed by atoms with Gasteiger partial charge in [0.25, 0.3) is 0 Å². The third-order valence-corrected chi connectivity index (χ3v) is 6.47. The summed E-state index contributed by atoms with van der Waals surface area (Å²) in [6, 6.07) is 25.4. The van der Waals surface area contributed by atoms with Crippen molar-refractivity contribution in [1.29, 1.82) is 0 Å². The van der Waals surface area contributed by atoms with Crippen molar-refractivity contribution in [1.82, 2.24) is 14.9 Å². The Morgan fingerprint density at radius 2 is 1.69 bits per heavy atom. The number of benzene rings is 3. The first-order valence-electron chi connectivity index (χ1n) is 11.3. The predicted octanol–water partition coefficient (Wildman–Crippen LogP) is 5.20. The number of imidazole rings is 1. The van der Waals surface area contributed by atoms with Crippen LogP contribution in [-0.2, 0) is 11.2 Å². The molecule has 0 saturated heterocycles. The number of hydrogen-bond acceptors (Lipinski definition) is 5. The summed E-state index contributed by atoms with van der Waals surface area (Å²) in [6.45, 7) is 2.08. The van der Waals surface area contributed by atoms with E-state index in [9.17, 15) is 9.59 Å². The van der Waals surface area contributed by atoms with E-state index in [4.69, 9.17) is 4.74 Å². The van der Waals surface area contributed by atoms with Gasteiger partial charge >= 0.3 is 0 Å². The molecule has 35 heavy (non-hydrogen) atoms. The predicted molar refractivity (Wildman–Crippen MR) is 139 cm³/mol. The average molecular weight is 486 g/mol. The number of carbonyl (C=O) groups is 2. The molecule has 4 rings (SSSR count). The molecular weight excluding hydrogens is 458 g/mol. The Labute approximate surface area is 209 Å². The molecule has 178 valence electrons. The summed E-state index contributed by atoms with van der Waals surface area (Å²) >= 11 is 1.40. The minimum absolute atomic E-state index is 0.0271. The van der Waals surface area contributed by atoms with Crippen LogP contribution < -0.4 is 10.1 Å². The van der Waals surface area contributed by atoms with Crippen LogP contribution in [0.5, 0.6) is 5.75 Å². The number of ether oxygens (including phenoxy) is 1. The normalized spacial score (nSPS) is 10.7. The molecule has 0 fully saturated rings. The van der Waals surface area contributed by atoms with Gasteiger partial charge in [-0.15, -0.1) is 0 Å². The molecule has 1 N–H and O–H groups in total. The third kappa shape index (κ3) is 6.00. The smallest absolute Gasteiger partial charge is 0.216 e. The van der Waals surface area contributed by atoms with Gasteiger partial charge in [-0.1, -0.05) is 78.5 Å². The molecule has 0 bridgehead atoms. The highest BCUT2D eigenvalue weighted by molar-refractivity contribution is 7.99. The summed E-state index contributed by atoms with van der Waals surface area (Å²) in [5.41, 5.74) is 4.54. The number of Topliss-reactive ketones (excluding diaryl/α,β-unsaturated/α-hetero) is 1. The number of thioether (sulfide) groups is 1. The molecule has 0 atom stereocenters. The largest absolute Gasteiger partial charge is 0.495 e. The van der Waals surface area contributed by atoms with Crippen LogP contribution in [0.15, 0.2) is 90.2 Å². The molecule has 0 aliphatic rings. The lowest BCUT2D eigenvalue weighted by atomic mass is 10.1. The number of nitrogens with zero attached hydrogens (tertiary/aromatic N) is 2. The van der Waals surface area contributed by atoms with E-state index in [1.54, 1.807) is 7.11 Å². The standard InChI is InChI=1S/C28H27N3O3S/c1-20(32)29-17-16-21-12-14-23(15-13-21)26(33)19-35-28-30-18-25(22-8-4-3-5-9-22)31(28)24-10-6-7-11-27(24)34-2/h3-15,18H,16-17,19H2,1-2H3,(H,29,32). The minimum atomic E-state index is -0.0456.